The molecule has 0 aromatic heterocycles. The molecule has 8 heteroatoms. The van der Waals surface area contributed by atoms with Gasteiger partial charge in [-0.3, -0.25) is 9.59 Å². The molecule has 1 aliphatic carbocycles. The Morgan fingerprint density at radius 3 is 2.31 bits per heavy atom. The lowest BCUT2D eigenvalue weighted by atomic mass is 9.83. The fraction of sp³-hybridized carbons (Fsp3) is 0.571. The first-order chi connectivity index (χ1) is 13.9. The molecule has 1 fully saturated rings. The normalized spacial score (nSPS) is 17.7. The van der Waals surface area contributed by atoms with E-state index in [1.54, 1.807) is 30.3 Å². The molecule has 0 spiro atoms. The van der Waals surface area contributed by atoms with Gasteiger partial charge in [-0.2, -0.15) is 12.6 Å². The highest BCUT2D eigenvalue weighted by molar-refractivity contribution is 7.80. The molecular formula is C21H30N2O5S. The predicted molar refractivity (Wildman–Crippen MR) is 114 cm³/mol. The average Bonchev–Trinajstić information content (AvgIpc) is 2.71. The highest BCUT2D eigenvalue weighted by atomic mass is 32.1. The number of rotatable bonds is 11. The minimum absolute atomic E-state index is 0.291. The number of carboxylic acid groups (broad SMARTS) is 2. The molecule has 0 aliphatic heterocycles. The van der Waals surface area contributed by atoms with Crippen molar-refractivity contribution in [2.75, 3.05) is 11.1 Å². The van der Waals surface area contributed by atoms with Crippen molar-refractivity contribution in [3.05, 3.63) is 30.3 Å². The largest absolute Gasteiger partial charge is 0.481 e. The van der Waals surface area contributed by atoms with Crippen LogP contribution < -0.4 is 10.6 Å². The molecule has 1 aliphatic rings. The summed E-state index contributed by atoms with van der Waals surface area (Å²) >= 11 is 4.32. The summed E-state index contributed by atoms with van der Waals surface area (Å²) < 4.78 is 0. The maximum absolute atomic E-state index is 13.0. The van der Waals surface area contributed by atoms with Crippen molar-refractivity contribution in [1.29, 1.82) is 0 Å². The van der Waals surface area contributed by atoms with Gasteiger partial charge >= 0.3 is 11.9 Å². The van der Waals surface area contributed by atoms with E-state index in [2.05, 4.69) is 23.3 Å². The number of nitrogens with one attached hydrogen (secondary N) is 2. The van der Waals surface area contributed by atoms with Crippen LogP contribution in [0, 0.1) is 11.8 Å². The standard InChI is InChI=1S/C21H30N2O5S/c24-18(25)11-12-21(20(27)28,22-17-9-5-2-6-10-17)23-19(26)16(14-29)13-15-7-3-1-4-8-15/h2,5-6,9-10,15-16,22,29H,1,3-4,7-8,11-14H2,(H,23,26)(H,24,25)(H,27,28). The number of hydrogen-bond acceptors (Lipinski definition) is 5. The minimum atomic E-state index is -1.91. The van der Waals surface area contributed by atoms with Crippen LogP contribution in [0.2, 0.25) is 0 Å². The molecule has 4 N–H and O–H groups in total. The van der Waals surface area contributed by atoms with Crippen molar-refractivity contribution in [2.24, 2.45) is 11.8 Å². The monoisotopic (exact) mass is 422 g/mol. The fourth-order valence-corrected chi connectivity index (χ4v) is 4.15. The van der Waals surface area contributed by atoms with Crippen LogP contribution in [0.4, 0.5) is 5.69 Å². The highest BCUT2D eigenvalue weighted by Crippen LogP contribution is 2.30. The fourth-order valence-electron chi connectivity index (χ4n) is 3.83. The van der Waals surface area contributed by atoms with E-state index < -0.39 is 35.8 Å². The molecule has 7 nitrogen and oxygen atoms in total. The maximum Gasteiger partial charge on any atom is 0.350 e. The number of benzene rings is 1. The lowest BCUT2D eigenvalue weighted by Gasteiger charge is -2.34. The van der Waals surface area contributed by atoms with Crippen LogP contribution in [-0.2, 0) is 14.4 Å². The first kappa shape index (κ1) is 23.1. The Kier molecular flexibility index (Phi) is 8.82. The van der Waals surface area contributed by atoms with Crippen LogP contribution in [0.25, 0.3) is 0 Å². The van der Waals surface area contributed by atoms with Gasteiger partial charge in [0.1, 0.15) is 0 Å². The smallest absolute Gasteiger partial charge is 0.350 e. The summed E-state index contributed by atoms with van der Waals surface area (Å²) in [6, 6.07) is 8.58. The molecule has 1 aromatic carbocycles. The Labute approximate surface area is 176 Å². The van der Waals surface area contributed by atoms with Gasteiger partial charge in [-0.05, 0) is 24.5 Å². The van der Waals surface area contributed by atoms with Crippen molar-refractivity contribution in [3.8, 4) is 0 Å². The highest BCUT2D eigenvalue weighted by Gasteiger charge is 2.42. The molecule has 2 rings (SSSR count). The molecule has 1 amide bonds. The van der Waals surface area contributed by atoms with Crippen LogP contribution in [0.3, 0.4) is 0 Å². The number of carbonyl (C=O) groups excluding carboxylic acids is 1. The molecule has 2 atom stereocenters. The zero-order valence-corrected chi connectivity index (χ0v) is 17.4. The average molecular weight is 423 g/mol. The van der Waals surface area contributed by atoms with Gasteiger partial charge in [0, 0.05) is 30.2 Å². The Morgan fingerprint density at radius 2 is 1.76 bits per heavy atom. The summed E-state index contributed by atoms with van der Waals surface area (Å²) in [5, 5.41) is 24.5. The van der Waals surface area contributed by atoms with Gasteiger partial charge in [0.15, 0.2) is 0 Å². The Balaban J connectivity index is 2.19. The first-order valence-electron chi connectivity index (χ1n) is 10.1. The molecule has 160 valence electrons. The van der Waals surface area contributed by atoms with Gasteiger partial charge in [0.05, 0.1) is 0 Å². The van der Waals surface area contributed by atoms with E-state index >= 15 is 0 Å². The summed E-state index contributed by atoms with van der Waals surface area (Å²) in [5.41, 5.74) is -1.43. The second-order valence-electron chi connectivity index (χ2n) is 7.70. The van der Waals surface area contributed by atoms with E-state index in [4.69, 9.17) is 5.11 Å². The number of amides is 1. The van der Waals surface area contributed by atoms with Crippen molar-refractivity contribution in [3.63, 3.8) is 0 Å². The number of hydrogen-bond donors (Lipinski definition) is 5. The zero-order chi connectivity index (χ0) is 21.3. The van der Waals surface area contributed by atoms with Gasteiger partial charge in [0.25, 0.3) is 0 Å². The third-order valence-corrected chi connectivity index (χ3v) is 5.92. The minimum Gasteiger partial charge on any atom is -0.481 e. The molecular weight excluding hydrogens is 392 g/mol. The molecule has 0 radical (unpaired) electrons. The van der Waals surface area contributed by atoms with Crippen LogP contribution in [-0.4, -0.2) is 39.5 Å². The second kappa shape index (κ2) is 11.1. The van der Waals surface area contributed by atoms with Gasteiger partial charge in [-0.25, -0.2) is 4.79 Å². The SMILES string of the molecule is O=C(O)CCC(NC(=O)C(CS)CC1CCCCC1)(Nc1ccccc1)C(=O)O. The van der Waals surface area contributed by atoms with E-state index in [1.165, 1.54) is 6.42 Å². The van der Waals surface area contributed by atoms with Crippen molar-refractivity contribution < 1.29 is 24.6 Å². The van der Waals surface area contributed by atoms with E-state index in [-0.39, 0.29) is 6.42 Å². The number of aliphatic carboxylic acids is 2. The van der Waals surface area contributed by atoms with Crippen molar-refractivity contribution in [1.82, 2.24) is 5.32 Å². The molecule has 0 bridgehead atoms. The van der Waals surface area contributed by atoms with Crippen LogP contribution >= 0.6 is 12.6 Å². The lowest BCUT2D eigenvalue weighted by Crippen LogP contribution is -2.61. The Bertz CT molecular complexity index is 694. The Hall–Kier alpha value is -2.22. The lowest BCUT2D eigenvalue weighted by molar-refractivity contribution is -0.148. The molecule has 1 aromatic rings. The van der Waals surface area contributed by atoms with E-state index in [0.29, 0.717) is 23.8 Å². The van der Waals surface area contributed by atoms with Crippen molar-refractivity contribution in [2.45, 2.75) is 57.0 Å². The molecule has 0 heterocycles. The summed E-state index contributed by atoms with van der Waals surface area (Å²) in [7, 11) is 0. The Morgan fingerprint density at radius 1 is 1.10 bits per heavy atom. The summed E-state index contributed by atoms with van der Waals surface area (Å²) in [6.07, 6.45) is 5.63. The van der Waals surface area contributed by atoms with Crippen LogP contribution in [0.5, 0.6) is 0 Å². The van der Waals surface area contributed by atoms with E-state index in [9.17, 15) is 19.5 Å². The molecule has 29 heavy (non-hydrogen) atoms. The molecule has 1 saturated carbocycles. The zero-order valence-electron chi connectivity index (χ0n) is 16.5. The van der Waals surface area contributed by atoms with Crippen molar-refractivity contribution >= 4 is 36.2 Å². The third-order valence-electron chi connectivity index (χ3n) is 5.48. The third kappa shape index (κ3) is 6.96. The number of carbonyl (C=O) groups is 3. The van der Waals surface area contributed by atoms with Gasteiger partial charge in [-0.15, -0.1) is 0 Å². The van der Waals surface area contributed by atoms with Gasteiger partial charge in [0.2, 0.25) is 11.6 Å². The molecule has 0 saturated heterocycles. The van der Waals surface area contributed by atoms with Crippen LogP contribution in [0.1, 0.15) is 51.4 Å². The van der Waals surface area contributed by atoms with E-state index in [0.717, 1.165) is 25.7 Å². The van der Waals surface area contributed by atoms with E-state index in [1.807, 2.05) is 0 Å². The summed E-state index contributed by atoms with van der Waals surface area (Å²) in [4.78, 5) is 36.3. The number of carboxylic acids is 2. The number of para-hydroxylation sites is 1. The second-order valence-corrected chi connectivity index (χ2v) is 8.07. The van der Waals surface area contributed by atoms with Crippen LogP contribution in [0.15, 0.2) is 30.3 Å². The van der Waals surface area contributed by atoms with Gasteiger partial charge < -0.3 is 20.8 Å². The molecule has 2 unspecified atom stereocenters. The summed E-state index contributed by atoms with van der Waals surface area (Å²) in [6.45, 7) is 0. The topological polar surface area (TPSA) is 116 Å². The maximum atomic E-state index is 13.0. The number of thiol groups is 1. The first-order valence-corrected chi connectivity index (χ1v) is 10.7. The number of anilines is 1. The quantitative estimate of drug-likeness (QED) is 0.276. The van der Waals surface area contributed by atoms with Gasteiger partial charge in [-0.1, -0.05) is 50.3 Å². The predicted octanol–water partition coefficient (Wildman–Crippen LogP) is 3.38. The summed E-state index contributed by atoms with van der Waals surface area (Å²) in [5.74, 6) is -2.56.